The van der Waals surface area contributed by atoms with Crippen LogP contribution in [0.5, 0.6) is 0 Å². The summed E-state index contributed by atoms with van der Waals surface area (Å²) in [7, 11) is 0. The Kier molecular flexibility index (Phi) is 2.46. The summed E-state index contributed by atoms with van der Waals surface area (Å²) in [6, 6.07) is 0. The third-order valence-electron chi connectivity index (χ3n) is 3.04. The molecule has 14 heavy (non-hydrogen) atoms. The highest BCUT2D eigenvalue weighted by Crippen LogP contribution is 2.35. The minimum atomic E-state index is -0.299. The number of rotatable bonds is 1. The van der Waals surface area contributed by atoms with E-state index < -0.39 is 0 Å². The van der Waals surface area contributed by atoms with Crippen molar-refractivity contribution >= 4 is 5.97 Å². The third-order valence-corrected chi connectivity index (χ3v) is 3.04. The number of fused-ring (bicyclic) bond motifs is 1. The Morgan fingerprint density at radius 2 is 2.43 bits per heavy atom. The molecular formula is C10H14O4. The normalized spacial score (nSPS) is 36.6. The van der Waals surface area contributed by atoms with Crippen molar-refractivity contribution in [3.05, 3.63) is 11.8 Å². The van der Waals surface area contributed by atoms with Crippen LogP contribution in [0.2, 0.25) is 0 Å². The zero-order valence-electron chi connectivity index (χ0n) is 8.10. The van der Waals surface area contributed by atoms with Gasteiger partial charge in [0.15, 0.2) is 0 Å². The quantitative estimate of drug-likeness (QED) is 0.622. The number of aliphatic hydroxyl groups excluding tert-OH is 1. The van der Waals surface area contributed by atoms with Gasteiger partial charge in [-0.15, -0.1) is 0 Å². The molecule has 78 valence electrons. The molecule has 2 rings (SSSR count). The lowest BCUT2D eigenvalue weighted by molar-refractivity contribution is -0.145. The second kappa shape index (κ2) is 3.61. The molecule has 1 fully saturated rings. The van der Waals surface area contributed by atoms with Crippen LogP contribution in [0.3, 0.4) is 0 Å². The Morgan fingerprint density at radius 3 is 3.14 bits per heavy atom. The molecule has 0 aromatic heterocycles. The molecule has 0 aromatic carbocycles. The second-order valence-corrected chi connectivity index (χ2v) is 3.79. The van der Waals surface area contributed by atoms with Gasteiger partial charge in [0.2, 0.25) is 0 Å². The molecule has 2 heterocycles. The van der Waals surface area contributed by atoms with Gasteiger partial charge in [-0.3, -0.25) is 0 Å². The SMILES string of the molecule is CC1OC=C2C(=O)OCCC2C1CO. The van der Waals surface area contributed by atoms with Gasteiger partial charge in [-0.1, -0.05) is 0 Å². The predicted octanol–water partition coefficient (Wildman–Crippen LogP) is 0.461. The highest BCUT2D eigenvalue weighted by atomic mass is 16.5. The van der Waals surface area contributed by atoms with Crippen molar-refractivity contribution in [2.24, 2.45) is 11.8 Å². The van der Waals surface area contributed by atoms with Crippen molar-refractivity contribution in [3.63, 3.8) is 0 Å². The van der Waals surface area contributed by atoms with Gasteiger partial charge in [-0.05, 0) is 13.3 Å². The van der Waals surface area contributed by atoms with Crippen LogP contribution in [0.15, 0.2) is 11.8 Å². The van der Waals surface area contributed by atoms with Gasteiger partial charge >= 0.3 is 5.97 Å². The summed E-state index contributed by atoms with van der Waals surface area (Å²) in [5.41, 5.74) is 0.577. The smallest absolute Gasteiger partial charge is 0.337 e. The fraction of sp³-hybridized carbons (Fsp3) is 0.700. The molecule has 0 saturated carbocycles. The van der Waals surface area contributed by atoms with E-state index in [9.17, 15) is 9.90 Å². The molecule has 0 bridgehead atoms. The number of hydrogen-bond donors (Lipinski definition) is 1. The molecule has 0 radical (unpaired) electrons. The van der Waals surface area contributed by atoms with E-state index in [2.05, 4.69) is 0 Å². The van der Waals surface area contributed by atoms with Crippen molar-refractivity contribution in [2.45, 2.75) is 19.4 Å². The van der Waals surface area contributed by atoms with E-state index in [1.165, 1.54) is 6.26 Å². The van der Waals surface area contributed by atoms with Gasteiger partial charge < -0.3 is 14.6 Å². The van der Waals surface area contributed by atoms with Gasteiger partial charge in [0.25, 0.3) is 0 Å². The zero-order chi connectivity index (χ0) is 10.1. The Morgan fingerprint density at radius 1 is 1.64 bits per heavy atom. The Bertz CT molecular complexity index is 271. The first kappa shape index (κ1) is 9.52. The third kappa shape index (κ3) is 1.39. The predicted molar refractivity (Wildman–Crippen MR) is 48.3 cm³/mol. The first-order valence-corrected chi connectivity index (χ1v) is 4.87. The summed E-state index contributed by atoms with van der Waals surface area (Å²) in [5, 5.41) is 9.23. The van der Waals surface area contributed by atoms with Crippen LogP contribution in [0, 0.1) is 11.8 Å². The van der Waals surface area contributed by atoms with E-state index in [0.29, 0.717) is 12.2 Å². The molecule has 4 nitrogen and oxygen atoms in total. The van der Waals surface area contributed by atoms with Crippen LogP contribution < -0.4 is 0 Å². The van der Waals surface area contributed by atoms with Crippen LogP contribution >= 0.6 is 0 Å². The largest absolute Gasteiger partial charge is 0.497 e. The molecule has 4 heteroatoms. The number of hydrogen-bond acceptors (Lipinski definition) is 4. The standard InChI is InChI=1S/C10H14O4/c1-6-8(4-11)7-2-3-13-10(12)9(7)5-14-6/h5-8,11H,2-4H2,1H3. The van der Waals surface area contributed by atoms with Crippen LogP contribution in [-0.4, -0.2) is 30.4 Å². The summed E-state index contributed by atoms with van der Waals surface area (Å²) in [5.74, 6) is -0.181. The van der Waals surface area contributed by atoms with Gasteiger partial charge in [0, 0.05) is 11.8 Å². The maximum absolute atomic E-state index is 11.3. The van der Waals surface area contributed by atoms with Crippen LogP contribution in [0.4, 0.5) is 0 Å². The van der Waals surface area contributed by atoms with Crippen molar-refractivity contribution in [2.75, 3.05) is 13.2 Å². The molecule has 0 spiro atoms. The summed E-state index contributed by atoms with van der Waals surface area (Å²) >= 11 is 0. The second-order valence-electron chi connectivity index (χ2n) is 3.79. The monoisotopic (exact) mass is 198 g/mol. The van der Waals surface area contributed by atoms with Crippen molar-refractivity contribution < 1.29 is 19.4 Å². The summed E-state index contributed by atoms with van der Waals surface area (Å²) in [6.45, 7) is 2.41. The van der Waals surface area contributed by atoms with E-state index in [-0.39, 0.29) is 30.5 Å². The highest BCUT2D eigenvalue weighted by Gasteiger charge is 2.39. The van der Waals surface area contributed by atoms with Crippen molar-refractivity contribution in [3.8, 4) is 0 Å². The lowest BCUT2D eigenvalue weighted by Gasteiger charge is -2.37. The van der Waals surface area contributed by atoms with E-state index >= 15 is 0 Å². The topological polar surface area (TPSA) is 55.8 Å². The number of cyclic esters (lactones) is 1. The average Bonchev–Trinajstić information content (AvgIpc) is 2.18. The van der Waals surface area contributed by atoms with Gasteiger partial charge in [0.05, 0.1) is 25.0 Å². The number of esters is 1. The molecule has 3 unspecified atom stereocenters. The van der Waals surface area contributed by atoms with Gasteiger partial charge in [-0.25, -0.2) is 4.79 Å². The first-order valence-electron chi connectivity index (χ1n) is 4.87. The number of carbonyl (C=O) groups is 1. The molecule has 1 saturated heterocycles. The minimum Gasteiger partial charge on any atom is -0.497 e. The van der Waals surface area contributed by atoms with E-state index in [1.807, 2.05) is 6.92 Å². The lowest BCUT2D eigenvalue weighted by atomic mass is 9.79. The molecule has 0 aromatic rings. The maximum Gasteiger partial charge on any atom is 0.337 e. The molecule has 1 N–H and O–H groups in total. The fourth-order valence-corrected chi connectivity index (χ4v) is 2.13. The summed E-state index contributed by atoms with van der Waals surface area (Å²) in [4.78, 5) is 11.3. The summed E-state index contributed by atoms with van der Waals surface area (Å²) in [6.07, 6.45) is 2.25. The fourth-order valence-electron chi connectivity index (χ4n) is 2.13. The van der Waals surface area contributed by atoms with Crippen LogP contribution in [-0.2, 0) is 14.3 Å². The van der Waals surface area contributed by atoms with Crippen LogP contribution in [0.25, 0.3) is 0 Å². The zero-order valence-corrected chi connectivity index (χ0v) is 8.10. The van der Waals surface area contributed by atoms with Crippen molar-refractivity contribution in [1.82, 2.24) is 0 Å². The van der Waals surface area contributed by atoms with Crippen LogP contribution in [0.1, 0.15) is 13.3 Å². The van der Waals surface area contributed by atoms with E-state index in [4.69, 9.17) is 9.47 Å². The summed E-state index contributed by atoms with van der Waals surface area (Å²) < 4.78 is 10.2. The van der Waals surface area contributed by atoms with Gasteiger partial charge in [-0.2, -0.15) is 0 Å². The maximum atomic E-state index is 11.3. The number of aliphatic hydroxyl groups is 1. The molecular weight excluding hydrogens is 184 g/mol. The number of carbonyl (C=O) groups excluding carboxylic acids is 1. The minimum absolute atomic E-state index is 0.0165. The first-order chi connectivity index (χ1) is 6.74. The van der Waals surface area contributed by atoms with E-state index in [0.717, 1.165) is 6.42 Å². The van der Waals surface area contributed by atoms with Crippen molar-refractivity contribution in [1.29, 1.82) is 0 Å². The number of ether oxygens (including phenoxy) is 2. The molecule has 2 aliphatic rings. The van der Waals surface area contributed by atoms with Gasteiger partial charge in [0.1, 0.15) is 6.10 Å². The Labute approximate surface area is 82.5 Å². The molecule has 0 amide bonds. The molecule has 3 atom stereocenters. The van der Waals surface area contributed by atoms with E-state index in [1.54, 1.807) is 0 Å². The Balaban J connectivity index is 2.25. The average molecular weight is 198 g/mol. The molecule has 0 aliphatic carbocycles. The highest BCUT2D eigenvalue weighted by molar-refractivity contribution is 5.89. The lowest BCUT2D eigenvalue weighted by Crippen LogP contribution is -2.40. The Hall–Kier alpha value is -1.03. The molecule has 2 aliphatic heterocycles.